The molecule has 0 amide bonds. The van der Waals surface area contributed by atoms with Crippen molar-refractivity contribution < 1.29 is 9.53 Å². The van der Waals surface area contributed by atoms with Crippen molar-refractivity contribution >= 4 is 30.2 Å². The van der Waals surface area contributed by atoms with E-state index < -0.39 is 0 Å². The second kappa shape index (κ2) is 6.81. The first-order valence-electron chi connectivity index (χ1n) is 5.24. The van der Waals surface area contributed by atoms with Gasteiger partial charge in [0.25, 0.3) is 0 Å². The van der Waals surface area contributed by atoms with E-state index >= 15 is 0 Å². The minimum atomic E-state index is -0.304. The predicted octanol–water partition coefficient (Wildman–Crippen LogP) is 3.32. The Kier molecular flexibility index (Phi) is 5.71. The summed E-state index contributed by atoms with van der Waals surface area (Å²) in [7, 11) is 0. The number of ether oxygens (including phenoxy) is 1. The Balaban J connectivity index is 2.78. The van der Waals surface area contributed by atoms with Gasteiger partial charge >= 0.3 is 5.97 Å². The first-order chi connectivity index (χ1) is 7.69. The lowest BCUT2D eigenvalue weighted by atomic mass is 10.1. The molecule has 0 fully saturated rings. The van der Waals surface area contributed by atoms with E-state index in [2.05, 4.69) is 12.6 Å². The number of aryl methyl sites for hydroxylation is 1. The van der Waals surface area contributed by atoms with Crippen LogP contribution in [0.15, 0.2) is 23.1 Å². The van der Waals surface area contributed by atoms with Crippen molar-refractivity contribution in [1.82, 2.24) is 0 Å². The van der Waals surface area contributed by atoms with E-state index in [-0.39, 0.29) is 5.97 Å². The molecule has 1 aromatic carbocycles. The van der Waals surface area contributed by atoms with Crippen LogP contribution in [0.1, 0.15) is 29.3 Å². The zero-order valence-electron chi connectivity index (χ0n) is 9.20. The summed E-state index contributed by atoms with van der Waals surface area (Å²) in [5.41, 5.74) is 1.65. The molecule has 0 radical (unpaired) electrons. The Morgan fingerprint density at radius 3 is 2.81 bits per heavy atom. The minimum Gasteiger partial charge on any atom is -0.462 e. The average Bonchev–Trinajstić information content (AvgIpc) is 2.27. The third-order valence-electron chi connectivity index (χ3n) is 2.18. The number of esters is 1. The maximum atomic E-state index is 11.4. The molecule has 1 aromatic rings. The van der Waals surface area contributed by atoms with Crippen LogP contribution in [0.25, 0.3) is 0 Å². The van der Waals surface area contributed by atoms with E-state index in [4.69, 9.17) is 16.3 Å². The van der Waals surface area contributed by atoms with Gasteiger partial charge in [-0.25, -0.2) is 4.79 Å². The van der Waals surface area contributed by atoms with Crippen LogP contribution in [0.2, 0.25) is 0 Å². The molecule has 0 aliphatic rings. The highest BCUT2D eigenvalue weighted by Gasteiger charge is 2.08. The molecule has 4 heteroatoms. The largest absolute Gasteiger partial charge is 0.462 e. The van der Waals surface area contributed by atoms with E-state index in [1.165, 1.54) is 0 Å². The van der Waals surface area contributed by atoms with E-state index in [0.717, 1.165) is 23.3 Å². The number of hydrogen-bond donors (Lipinski definition) is 1. The monoisotopic (exact) mass is 258 g/mol. The maximum absolute atomic E-state index is 11.4. The summed E-state index contributed by atoms with van der Waals surface area (Å²) in [5.74, 6) is 0.328. The van der Waals surface area contributed by atoms with Gasteiger partial charge in [-0.3, -0.25) is 0 Å². The summed E-state index contributed by atoms with van der Waals surface area (Å²) >= 11 is 9.98. The van der Waals surface area contributed by atoms with Crippen LogP contribution >= 0.6 is 24.2 Å². The van der Waals surface area contributed by atoms with E-state index in [1.807, 2.05) is 6.07 Å². The molecule has 0 saturated heterocycles. The molecular formula is C12H15ClO2S. The van der Waals surface area contributed by atoms with Crippen molar-refractivity contribution in [2.75, 3.05) is 12.5 Å². The Bertz CT molecular complexity index is 366. The lowest BCUT2D eigenvalue weighted by Gasteiger charge is -2.06. The van der Waals surface area contributed by atoms with E-state index in [9.17, 15) is 4.79 Å². The zero-order valence-corrected chi connectivity index (χ0v) is 10.9. The van der Waals surface area contributed by atoms with Gasteiger partial charge in [0, 0.05) is 10.8 Å². The lowest BCUT2D eigenvalue weighted by Crippen LogP contribution is -2.05. The van der Waals surface area contributed by atoms with Crippen molar-refractivity contribution in [3.63, 3.8) is 0 Å². The second-order valence-corrected chi connectivity index (χ2v) is 4.22. The molecule has 0 bridgehead atoms. The van der Waals surface area contributed by atoms with Gasteiger partial charge in [0.1, 0.15) is 0 Å². The molecule has 88 valence electrons. The average molecular weight is 259 g/mol. The molecule has 0 N–H and O–H groups in total. The Hall–Kier alpha value is -0.670. The molecule has 16 heavy (non-hydrogen) atoms. The molecule has 0 spiro atoms. The summed E-state index contributed by atoms with van der Waals surface area (Å²) in [6.07, 6.45) is 1.79. The van der Waals surface area contributed by atoms with Gasteiger partial charge in [0.05, 0.1) is 12.2 Å². The zero-order chi connectivity index (χ0) is 12.0. The van der Waals surface area contributed by atoms with Crippen molar-refractivity contribution in [3.05, 3.63) is 29.3 Å². The highest BCUT2D eigenvalue weighted by Crippen LogP contribution is 2.18. The highest BCUT2D eigenvalue weighted by atomic mass is 35.5. The summed E-state index contributed by atoms with van der Waals surface area (Å²) in [6, 6.07) is 5.41. The fourth-order valence-corrected chi connectivity index (χ4v) is 1.83. The molecule has 0 aliphatic carbocycles. The Morgan fingerprint density at radius 1 is 1.50 bits per heavy atom. The van der Waals surface area contributed by atoms with Gasteiger partial charge in [-0.1, -0.05) is 6.07 Å². The molecule has 0 heterocycles. The highest BCUT2D eigenvalue weighted by molar-refractivity contribution is 7.80. The summed E-state index contributed by atoms with van der Waals surface area (Å²) in [4.78, 5) is 12.3. The summed E-state index contributed by atoms with van der Waals surface area (Å²) in [6.45, 7) is 2.17. The Morgan fingerprint density at radius 2 is 2.25 bits per heavy atom. The molecule has 0 aromatic heterocycles. The number of thiol groups is 1. The van der Waals surface area contributed by atoms with Gasteiger partial charge < -0.3 is 4.74 Å². The molecule has 0 unspecified atom stereocenters. The van der Waals surface area contributed by atoms with Crippen LogP contribution in [0.5, 0.6) is 0 Å². The number of carbonyl (C=O) groups is 1. The quantitative estimate of drug-likeness (QED) is 0.498. The van der Waals surface area contributed by atoms with Gasteiger partial charge in [-0.05, 0) is 37.5 Å². The normalized spacial score (nSPS) is 10.2. The molecular weight excluding hydrogens is 244 g/mol. The van der Waals surface area contributed by atoms with Gasteiger partial charge in [0.2, 0.25) is 0 Å². The molecule has 2 nitrogen and oxygen atoms in total. The van der Waals surface area contributed by atoms with Crippen molar-refractivity contribution in [2.24, 2.45) is 0 Å². The van der Waals surface area contributed by atoms with Crippen LogP contribution in [0.4, 0.5) is 0 Å². The summed E-state index contributed by atoms with van der Waals surface area (Å²) < 4.78 is 4.91. The van der Waals surface area contributed by atoms with Gasteiger partial charge in [-0.15, -0.1) is 24.2 Å². The van der Waals surface area contributed by atoms with Crippen molar-refractivity contribution in [2.45, 2.75) is 24.7 Å². The van der Waals surface area contributed by atoms with Crippen molar-refractivity contribution in [3.8, 4) is 0 Å². The smallest absolute Gasteiger partial charge is 0.338 e. The predicted molar refractivity (Wildman–Crippen MR) is 68.7 cm³/mol. The van der Waals surface area contributed by atoms with Gasteiger partial charge in [0.15, 0.2) is 0 Å². The number of benzene rings is 1. The summed E-state index contributed by atoms with van der Waals surface area (Å²) in [5, 5.41) is 0. The number of alkyl halides is 1. The number of halogens is 1. The van der Waals surface area contributed by atoms with E-state index in [0.29, 0.717) is 18.1 Å². The van der Waals surface area contributed by atoms with E-state index in [1.54, 1.807) is 19.1 Å². The van der Waals surface area contributed by atoms with Crippen LogP contribution in [-0.2, 0) is 11.2 Å². The number of hydrogen-bond acceptors (Lipinski definition) is 3. The standard InChI is InChI=1S/C12H15ClO2S/c1-2-15-12(14)10-6-5-9(4-3-7-13)11(16)8-10/h5-6,8,16H,2-4,7H2,1H3. The fourth-order valence-electron chi connectivity index (χ4n) is 1.37. The molecule has 1 rings (SSSR count). The molecule has 0 atom stereocenters. The number of carbonyl (C=O) groups excluding carboxylic acids is 1. The topological polar surface area (TPSA) is 26.3 Å². The van der Waals surface area contributed by atoms with Crippen LogP contribution in [-0.4, -0.2) is 18.5 Å². The second-order valence-electron chi connectivity index (χ2n) is 3.36. The maximum Gasteiger partial charge on any atom is 0.338 e. The first-order valence-corrected chi connectivity index (χ1v) is 6.22. The SMILES string of the molecule is CCOC(=O)c1ccc(CCCCl)c(S)c1. The molecule has 0 saturated carbocycles. The van der Waals surface area contributed by atoms with Crippen LogP contribution in [0, 0.1) is 0 Å². The fraction of sp³-hybridized carbons (Fsp3) is 0.417. The van der Waals surface area contributed by atoms with Crippen LogP contribution in [0.3, 0.4) is 0 Å². The Labute approximate surface area is 106 Å². The van der Waals surface area contributed by atoms with Gasteiger partial charge in [-0.2, -0.15) is 0 Å². The van der Waals surface area contributed by atoms with Crippen molar-refractivity contribution in [1.29, 1.82) is 0 Å². The van der Waals surface area contributed by atoms with Crippen LogP contribution < -0.4 is 0 Å². The molecule has 0 aliphatic heterocycles. The first kappa shape index (κ1) is 13.4. The lowest BCUT2D eigenvalue weighted by molar-refractivity contribution is 0.0526. The minimum absolute atomic E-state index is 0.304. The third kappa shape index (κ3) is 3.72. The third-order valence-corrected chi connectivity index (χ3v) is 2.86. The number of rotatable bonds is 5.